The van der Waals surface area contributed by atoms with Crippen molar-refractivity contribution in [1.82, 2.24) is 10.3 Å². The number of aromatic nitrogens is 1. The Kier molecular flexibility index (Phi) is 4.60. The van der Waals surface area contributed by atoms with Crippen LogP contribution < -0.4 is 5.32 Å². The SMILES string of the molecule is Cc1ncccc1CNCc1ccccc1C1OCCO1. The summed E-state index contributed by atoms with van der Waals surface area (Å²) in [5.74, 6) is 0. The Morgan fingerprint density at radius 2 is 1.76 bits per heavy atom. The van der Waals surface area contributed by atoms with Crippen molar-refractivity contribution in [2.75, 3.05) is 13.2 Å². The van der Waals surface area contributed by atoms with Gasteiger partial charge in [0, 0.05) is 30.5 Å². The highest BCUT2D eigenvalue weighted by atomic mass is 16.7. The zero-order valence-electron chi connectivity index (χ0n) is 12.2. The van der Waals surface area contributed by atoms with E-state index in [-0.39, 0.29) is 6.29 Å². The average molecular weight is 284 g/mol. The van der Waals surface area contributed by atoms with Crippen LogP contribution >= 0.6 is 0 Å². The van der Waals surface area contributed by atoms with Crippen LogP contribution in [0.2, 0.25) is 0 Å². The lowest BCUT2D eigenvalue weighted by atomic mass is 10.1. The number of aryl methyl sites for hydroxylation is 1. The van der Waals surface area contributed by atoms with Gasteiger partial charge in [-0.25, -0.2) is 0 Å². The van der Waals surface area contributed by atoms with E-state index in [1.807, 2.05) is 31.3 Å². The summed E-state index contributed by atoms with van der Waals surface area (Å²) in [6, 6.07) is 12.3. The van der Waals surface area contributed by atoms with E-state index >= 15 is 0 Å². The third-order valence-corrected chi connectivity index (χ3v) is 3.68. The molecule has 1 aliphatic heterocycles. The van der Waals surface area contributed by atoms with Crippen LogP contribution in [0.5, 0.6) is 0 Å². The summed E-state index contributed by atoms with van der Waals surface area (Å²) in [5.41, 5.74) is 4.63. The van der Waals surface area contributed by atoms with E-state index in [0.717, 1.165) is 24.3 Å². The van der Waals surface area contributed by atoms with E-state index in [0.29, 0.717) is 13.2 Å². The molecule has 1 saturated heterocycles. The first-order valence-electron chi connectivity index (χ1n) is 7.27. The van der Waals surface area contributed by atoms with Crippen molar-refractivity contribution < 1.29 is 9.47 Å². The second kappa shape index (κ2) is 6.80. The maximum atomic E-state index is 5.60. The normalized spacial score (nSPS) is 15.5. The van der Waals surface area contributed by atoms with Crippen molar-refractivity contribution in [2.24, 2.45) is 0 Å². The van der Waals surface area contributed by atoms with Crippen molar-refractivity contribution in [3.63, 3.8) is 0 Å². The molecule has 3 rings (SSSR count). The molecule has 0 atom stereocenters. The smallest absolute Gasteiger partial charge is 0.184 e. The predicted molar refractivity (Wildman–Crippen MR) is 80.6 cm³/mol. The summed E-state index contributed by atoms with van der Waals surface area (Å²) in [4.78, 5) is 4.31. The molecular weight excluding hydrogens is 264 g/mol. The van der Waals surface area contributed by atoms with Crippen molar-refractivity contribution in [2.45, 2.75) is 26.3 Å². The van der Waals surface area contributed by atoms with Gasteiger partial charge in [0.1, 0.15) is 0 Å². The molecule has 0 spiro atoms. The topological polar surface area (TPSA) is 43.4 Å². The van der Waals surface area contributed by atoms with E-state index in [1.165, 1.54) is 11.1 Å². The number of hydrogen-bond acceptors (Lipinski definition) is 4. The van der Waals surface area contributed by atoms with Crippen LogP contribution in [0, 0.1) is 6.92 Å². The molecule has 1 fully saturated rings. The van der Waals surface area contributed by atoms with Crippen LogP contribution in [0.1, 0.15) is 28.7 Å². The quantitative estimate of drug-likeness (QED) is 0.917. The zero-order chi connectivity index (χ0) is 14.5. The van der Waals surface area contributed by atoms with Gasteiger partial charge < -0.3 is 14.8 Å². The standard InChI is InChI=1S/C17H20N2O2/c1-13-14(6-4-8-19-13)11-18-12-15-5-2-3-7-16(15)17-20-9-10-21-17/h2-8,17-18H,9-12H2,1H3. The lowest BCUT2D eigenvalue weighted by Gasteiger charge is -2.15. The summed E-state index contributed by atoms with van der Waals surface area (Å²) >= 11 is 0. The van der Waals surface area contributed by atoms with E-state index in [4.69, 9.17) is 9.47 Å². The molecule has 0 bridgehead atoms. The van der Waals surface area contributed by atoms with Gasteiger partial charge in [-0.15, -0.1) is 0 Å². The lowest BCUT2D eigenvalue weighted by molar-refractivity contribution is -0.0447. The molecular formula is C17H20N2O2. The fourth-order valence-electron chi connectivity index (χ4n) is 2.50. The molecule has 1 N–H and O–H groups in total. The molecule has 0 unspecified atom stereocenters. The first-order valence-corrected chi connectivity index (χ1v) is 7.27. The highest BCUT2D eigenvalue weighted by molar-refractivity contribution is 5.28. The maximum Gasteiger partial charge on any atom is 0.184 e. The fourth-order valence-corrected chi connectivity index (χ4v) is 2.50. The zero-order valence-corrected chi connectivity index (χ0v) is 12.2. The summed E-state index contributed by atoms with van der Waals surface area (Å²) < 4.78 is 11.2. The van der Waals surface area contributed by atoms with Gasteiger partial charge in [0.25, 0.3) is 0 Å². The first-order chi connectivity index (χ1) is 10.3. The highest BCUT2D eigenvalue weighted by Crippen LogP contribution is 2.26. The summed E-state index contributed by atoms with van der Waals surface area (Å²) in [6.07, 6.45) is 1.60. The van der Waals surface area contributed by atoms with Crippen molar-refractivity contribution >= 4 is 0 Å². The van der Waals surface area contributed by atoms with E-state index in [1.54, 1.807) is 0 Å². The third-order valence-electron chi connectivity index (χ3n) is 3.68. The molecule has 0 radical (unpaired) electrons. The number of nitrogens with zero attached hydrogens (tertiary/aromatic N) is 1. The molecule has 4 heteroatoms. The minimum Gasteiger partial charge on any atom is -0.346 e. The molecule has 0 amide bonds. The Morgan fingerprint density at radius 1 is 1.05 bits per heavy atom. The Hall–Kier alpha value is -1.75. The largest absolute Gasteiger partial charge is 0.346 e. The average Bonchev–Trinajstić information content (AvgIpc) is 3.04. The van der Waals surface area contributed by atoms with E-state index in [2.05, 4.69) is 28.5 Å². The van der Waals surface area contributed by atoms with Crippen LogP contribution in [0.4, 0.5) is 0 Å². The van der Waals surface area contributed by atoms with Gasteiger partial charge in [-0.1, -0.05) is 30.3 Å². The second-order valence-corrected chi connectivity index (χ2v) is 5.12. The molecule has 2 heterocycles. The Labute approximate surface area is 125 Å². The van der Waals surface area contributed by atoms with E-state index in [9.17, 15) is 0 Å². The molecule has 4 nitrogen and oxygen atoms in total. The monoisotopic (exact) mass is 284 g/mol. The van der Waals surface area contributed by atoms with Crippen molar-refractivity contribution in [3.05, 3.63) is 65.0 Å². The molecule has 1 aromatic carbocycles. The molecule has 1 aliphatic rings. The number of ether oxygens (including phenoxy) is 2. The molecule has 0 aliphatic carbocycles. The maximum absolute atomic E-state index is 5.60. The van der Waals surface area contributed by atoms with Gasteiger partial charge in [-0.05, 0) is 24.1 Å². The van der Waals surface area contributed by atoms with E-state index < -0.39 is 0 Å². The van der Waals surface area contributed by atoms with Crippen LogP contribution in [0.3, 0.4) is 0 Å². The van der Waals surface area contributed by atoms with Gasteiger partial charge in [0.15, 0.2) is 6.29 Å². The van der Waals surface area contributed by atoms with Crippen LogP contribution in [0.15, 0.2) is 42.6 Å². The second-order valence-electron chi connectivity index (χ2n) is 5.12. The number of pyridine rings is 1. The fraction of sp³-hybridized carbons (Fsp3) is 0.353. The minimum atomic E-state index is -0.219. The molecule has 21 heavy (non-hydrogen) atoms. The van der Waals surface area contributed by atoms with Gasteiger partial charge in [0.05, 0.1) is 13.2 Å². The van der Waals surface area contributed by atoms with Crippen LogP contribution in [-0.2, 0) is 22.6 Å². The lowest BCUT2D eigenvalue weighted by Crippen LogP contribution is -2.16. The molecule has 0 saturated carbocycles. The van der Waals surface area contributed by atoms with Gasteiger partial charge in [0.2, 0.25) is 0 Å². The van der Waals surface area contributed by atoms with Gasteiger partial charge >= 0.3 is 0 Å². The molecule has 2 aromatic rings. The molecule has 1 aromatic heterocycles. The number of nitrogens with one attached hydrogen (secondary N) is 1. The minimum absolute atomic E-state index is 0.219. The predicted octanol–water partition coefficient (Wildman–Crippen LogP) is 2.73. The third kappa shape index (κ3) is 3.47. The summed E-state index contributed by atoms with van der Waals surface area (Å²) in [6.45, 7) is 4.96. The highest BCUT2D eigenvalue weighted by Gasteiger charge is 2.20. The van der Waals surface area contributed by atoms with Crippen molar-refractivity contribution in [1.29, 1.82) is 0 Å². The van der Waals surface area contributed by atoms with Gasteiger partial charge in [-0.2, -0.15) is 0 Å². The summed E-state index contributed by atoms with van der Waals surface area (Å²) in [7, 11) is 0. The Bertz CT molecular complexity index is 595. The van der Waals surface area contributed by atoms with Crippen LogP contribution in [-0.4, -0.2) is 18.2 Å². The van der Waals surface area contributed by atoms with Crippen molar-refractivity contribution in [3.8, 4) is 0 Å². The number of rotatable bonds is 5. The van der Waals surface area contributed by atoms with Crippen LogP contribution in [0.25, 0.3) is 0 Å². The summed E-state index contributed by atoms with van der Waals surface area (Å²) in [5, 5.41) is 3.47. The van der Waals surface area contributed by atoms with Gasteiger partial charge in [-0.3, -0.25) is 4.98 Å². The number of hydrogen-bond donors (Lipinski definition) is 1. The Morgan fingerprint density at radius 3 is 2.57 bits per heavy atom. The number of benzene rings is 1. The Balaban J connectivity index is 1.64. The molecule has 110 valence electrons. The first kappa shape index (κ1) is 14.2.